The van der Waals surface area contributed by atoms with Crippen molar-refractivity contribution in [3.8, 4) is 11.1 Å². The highest BCUT2D eigenvalue weighted by Gasteiger charge is 2.52. The number of benzene rings is 3. The standard InChI is InChI=1S/C26H27ClFN3O2S/c1-19-16-26(18-29-34(32,33)31(26)23-9-5-8-22(28)15-23)12-13-30(19)17-20-6-4-7-21(14-20)24-10-2-3-11-25(24)27/h2-11,14-15,19,29H,12-13,16-18H2,1H3. The number of hydrogen-bond acceptors (Lipinski definition) is 3. The van der Waals surface area contributed by atoms with E-state index in [0.29, 0.717) is 25.1 Å². The minimum absolute atomic E-state index is 0.142. The summed E-state index contributed by atoms with van der Waals surface area (Å²) in [6.07, 6.45) is 1.31. The van der Waals surface area contributed by atoms with E-state index >= 15 is 0 Å². The number of nitrogens with one attached hydrogen (secondary N) is 1. The van der Waals surface area contributed by atoms with Gasteiger partial charge in [-0.3, -0.25) is 9.21 Å². The molecule has 5 nitrogen and oxygen atoms in total. The molecule has 2 atom stereocenters. The van der Waals surface area contributed by atoms with Gasteiger partial charge in [-0.05, 0) is 61.2 Å². The highest BCUT2D eigenvalue weighted by Crippen LogP contribution is 2.41. The van der Waals surface area contributed by atoms with Gasteiger partial charge in [0, 0.05) is 36.3 Å². The van der Waals surface area contributed by atoms with Crippen LogP contribution in [0.25, 0.3) is 11.1 Å². The van der Waals surface area contributed by atoms with Crippen LogP contribution in [0.1, 0.15) is 25.3 Å². The van der Waals surface area contributed by atoms with Crippen molar-refractivity contribution >= 4 is 27.5 Å². The highest BCUT2D eigenvalue weighted by atomic mass is 35.5. The number of likely N-dealkylation sites (tertiary alicyclic amines) is 1. The van der Waals surface area contributed by atoms with Crippen molar-refractivity contribution in [1.29, 1.82) is 0 Å². The number of piperidine rings is 1. The van der Waals surface area contributed by atoms with Crippen LogP contribution in [0.4, 0.5) is 10.1 Å². The molecule has 0 aliphatic carbocycles. The molecule has 1 spiro atoms. The maximum Gasteiger partial charge on any atom is 0.302 e. The zero-order chi connectivity index (χ0) is 23.9. The molecule has 8 heteroatoms. The zero-order valence-electron chi connectivity index (χ0n) is 18.9. The molecule has 3 aromatic carbocycles. The van der Waals surface area contributed by atoms with Crippen LogP contribution in [0.3, 0.4) is 0 Å². The highest BCUT2D eigenvalue weighted by molar-refractivity contribution is 7.91. The molecule has 0 bridgehead atoms. The predicted molar refractivity (Wildman–Crippen MR) is 135 cm³/mol. The summed E-state index contributed by atoms with van der Waals surface area (Å²) < 4.78 is 43.8. The molecular formula is C26H27ClFN3O2S. The molecule has 2 fully saturated rings. The summed E-state index contributed by atoms with van der Waals surface area (Å²) in [5.74, 6) is -0.446. The fraction of sp³-hybridized carbons (Fsp3) is 0.308. The lowest BCUT2D eigenvalue weighted by Crippen LogP contribution is -2.57. The SMILES string of the molecule is CC1CC2(CCN1Cc1cccc(-c3ccccc3Cl)c1)CNS(=O)(=O)N2c1cccc(F)c1. The van der Waals surface area contributed by atoms with Crippen molar-refractivity contribution in [2.24, 2.45) is 0 Å². The third-order valence-electron chi connectivity index (χ3n) is 6.96. The summed E-state index contributed by atoms with van der Waals surface area (Å²) in [5, 5.41) is 0.723. The van der Waals surface area contributed by atoms with Gasteiger partial charge in [0.2, 0.25) is 0 Å². The van der Waals surface area contributed by atoms with Crippen LogP contribution in [0.15, 0.2) is 72.8 Å². The third kappa shape index (κ3) is 4.33. The van der Waals surface area contributed by atoms with E-state index in [2.05, 4.69) is 34.7 Å². The van der Waals surface area contributed by atoms with Gasteiger partial charge < -0.3 is 0 Å². The molecule has 34 heavy (non-hydrogen) atoms. The summed E-state index contributed by atoms with van der Waals surface area (Å²) in [6, 6.07) is 22.2. The Bertz CT molecular complexity index is 1320. The third-order valence-corrected chi connectivity index (χ3v) is 8.88. The van der Waals surface area contributed by atoms with Gasteiger partial charge in [0.1, 0.15) is 5.82 Å². The summed E-state index contributed by atoms with van der Waals surface area (Å²) in [4.78, 5) is 2.38. The van der Waals surface area contributed by atoms with Crippen molar-refractivity contribution in [2.45, 2.75) is 37.9 Å². The van der Waals surface area contributed by atoms with E-state index in [0.717, 1.165) is 29.2 Å². The summed E-state index contributed by atoms with van der Waals surface area (Å²) in [7, 11) is -3.72. The largest absolute Gasteiger partial charge is 0.302 e. The first-order valence-corrected chi connectivity index (χ1v) is 13.2. The maximum atomic E-state index is 13.9. The zero-order valence-corrected chi connectivity index (χ0v) is 20.5. The molecule has 0 aromatic heterocycles. The van der Waals surface area contributed by atoms with Crippen LogP contribution < -0.4 is 9.03 Å². The second-order valence-electron chi connectivity index (χ2n) is 9.25. The minimum atomic E-state index is -3.72. The second-order valence-corrected chi connectivity index (χ2v) is 11.3. The lowest BCUT2D eigenvalue weighted by atomic mass is 9.83. The molecule has 1 N–H and O–H groups in total. The van der Waals surface area contributed by atoms with Crippen LogP contribution in [-0.4, -0.2) is 38.0 Å². The van der Waals surface area contributed by atoms with Gasteiger partial charge in [0.05, 0.1) is 11.2 Å². The number of nitrogens with zero attached hydrogens (tertiary/aromatic N) is 2. The van der Waals surface area contributed by atoms with E-state index in [1.807, 2.05) is 30.3 Å². The van der Waals surface area contributed by atoms with Gasteiger partial charge in [-0.2, -0.15) is 13.1 Å². The molecule has 2 aliphatic rings. The first-order chi connectivity index (χ1) is 16.3. The molecule has 2 saturated heterocycles. The van der Waals surface area contributed by atoms with Crippen molar-refractivity contribution < 1.29 is 12.8 Å². The molecule has 2 heterocycles. The normalized spacial score (nSPS) is 24.6. The van der Waals surface area contributed by atoms with E-state index < -0.39 is 21.6 Å². The van der Waals surface area contributed by atoms with Crippen molar-refractivity contribution in [2.75, 3.05) is 17.4 Å². The van der Waals surface area contributed by atoms with Crippen molar-refractivity contribution in [3.05, 3.63) is 89.2 Å². The summed E-state index contributed by atoms with van der Waals surface area (Å²) in [6.45, 7) is 3.95. The van der Waals surface area contributed by atoms with Gasteiger partial charge in [0.15, 0.2) is 0 Å². The lowest BCUT2D eigenvalue weighted by Gasteiger charge is -2.47. The predicted octanol–water partition coefficient (Wildman–Crippen LogP) is 5.22. The van der Waals surface area contributed by atoms with Gasteiger partial charge in [-0.1, -0.05) is 54.1 Å². The van der Waals surface area contributed by atoms with Gasteiger partial charge in [-0.15, -0.1) is 0 Å². The smallest absolute Gasteiger partial charge is 0.296 e. The van der Waals surface area contributed by atoms with Crippen LogP contribution in [0, 0.1) is 5.82 Å². The number of rotatable bonds is 4. The Morgan fingerprint density at radius 2 is 1.88 bits per heavy atom. The summed E-state index contributed by atoms with van der Waals surface area (Å²) in [5.41, 5.74) is 3.02. The Morgan fingerprint density at radius 3 is 2.65 bits per heavy atom. The van der Waals surface area contributed by atoms with Gasteiger partial charge in [-0.25, -0.2) is 4.39 Å². The molecule has 3 aromatic rings. The van der Waals surface area contributed by atoms with E-state index in [-0.39, 0.29) is 6.04 Å². The Hall–Kier alpha value is -2.45. The van der Waals surface area contributed by atoms with E-state index in [1.54, 1.807) is 12.1 Å². The molecular weight excluding hydrogens is 473 g/mol. The van der Waals surface area contributed by atoms with Crippen LogP contribution >= 0.6 is 11.6 Å². The number of halogens is 2. The maximum absolute atomic E-state index is 13.9. The number of anilines is 1. The van der Waals surface area contributed by atoms with E-state index in [9.17, 15) is 12.8 Å². The fourth-order valence-corrected chi connectivity index (χ4v) is 7.29. The minimum Gasteiger partial charge on any atom is -0.296 e. The Kier molecular flexibility index (Phi) is 6.14. The molecule has 178 valence electrons. The molecule has 0 saturated carbocycles. The fourth-order valence-electron chi connectivity index (χ4n) is 5.33. The Labute approximate surface area is 205 Å². The number of hydrogen-bond donors (Lipinski definition) is 1. The Balaban J connectivity index is 1.36. The quantitative estimate of drug-likeness (QED) is 0.535. The first kappa shape index (κ1) is 23.3. The van der Waals surface area contributed by atoms with Gasteiger partial charge in [0.25, 0.3) is 0 Å². The van der Waals surface area contributed by atoms with Crippen molar-refractivity contribution in [1.82, 2.24) is 9.62 Å². The van der Waals surface area contributed by atoms with E-state index in [1.165, 1.54) is 22.0 Å². The molecule has 0 amide bonds. The van der Waals surface area contributed by atoms with Crippen LogP contribution in [-0.2, 0) is 16.8 Å². The molecule has 2 unspecified atom stereocenters. The van der Waals surface area contributed by atoms with Crippen molar-refractivity contribution in [3.63, 3.8) is 0 Å². The first-order valence-electron chi connectivity index (χ1n) is 11.4. The molecule has 5 rings (SSSR count). The van der Waals surface area contributed by atoms with Gasteiger partial charge >= 0.3 is 10.2 Å². The monoisotopic (exact) mass is 499 g/mol. The topological polar surface area (TPSA) is 52.7 Å². The van der Waals surface area contributed by atoms with E-state index in [4.69, 9.17) is 11.6 Å². The van der Waals surface area contributed by atoms with Crippen LogP contribution in [0.2, 0.25) is 5.02 Å². The molecule has 0 radical (unpaired) electrons. The summed E-state index contributed by atoms with van der Waals surface area (Å²) >= 11 is 6.40. The Morgan fingerprint density at radius 1 is 1.09 bits per heavy atom. The second kappa shape index (κ2) is 8.96. The average molecular weight is 500 g/mol. The molecule has 2 aliphatic heterocycles. The van der Waals surface area contributed by atoms with Crippen LogP contribution in [0.5, 0.6) is 0 Å². The lowest BCUT2D eigenvalue weighted by molar-refractivity contribution is 0.106. The average Bonchev–Trinajstić information content (AvgIpc) is 3.06.